The smallest absolute Gasteiger partial charge is 0.314 e. The first-order valence-corrected chi connectivity index (χ1v) is 7.71. The Hall–Kier alpha value is -3.36. The van der Waals surface area contributed by atoms with Crippen molar-refractivity contribution in [2.75, 3.05) is 0 Å². The number of hydrogen-bond donors (Lipinski definition) is 0. The molecule has 0 saturated heterocycles. The van der Waals surface area contributed by atoms with Crippen LogP contribution in [0.25, 0.3) is 22.5 Å². The second-order valence-corrected chi connectivity index (χ2v) is 5.58. The zero-order chi connectivity index (χ0) is 18.1. The molecular formula is C17H13F2N5O2. The summed E-state index contributed by atoms with van der Waals surface area (Å²) >= 11 is 0. The number of benzene rings is 1. The Bertz CT molecular complexity index is 1040. The van der Waals surface area contributed by atoms with Gasteiger partial charge in [-0.1, -0.05) is 0 Å². The van der Waals surface area contributed by atoms with Crippen molar-refractivity contribution in [2.45, 2.75) is 13.0 Å². The maximum Gasteiger partial charge on any atom is 0.314 e. The first-order valence-electron chi connectivity index (χ1n) is 7.71. The van der Waals surface area contributed by atoms with Crippen LogP contribution in [0.2, 0.25) is 0 Å². The molecule has 0 amide bonds. The Morgan fingerprint density at radius 1 is 1.15 bits per heavy atom. The van der Waals surface area contributed by atoms with E-state index >= 15 is 0 Å². The molecule has 0 bridgehead atoms. The molecule has 4 rings (SSSR count). The molecule has 0 radical (unpaired) electrons. The summed E-state index contributed by atoms with van der Waals surface area (Å²) in [5.74, 6) is -0.00894. The third-order valence-corrected chi connectivity index (χ3v) is 3.78. The average molecular weight is 357 g/mol. The Morgan fingerprint density at radius 3 is 2.77 bits per heavy atom. The predicted molar refractivity (Wildman–Crippen MR) is 87.5 cm³/mol. The van der Waals surface area contributed by atoms with E-state index in [0.717, 1.165) is 11.0 Å². The third kappa shape index (κ3) is 3.10. The van der Waals surface area contributed by atoms with Crippen molar-refractivity contribution in [3.05, 3.63) is 54.4 Å². The molecule has 0 atom stereocenters. The molecule has 7 nitrogen and oxygen atoms in total. The molecule has 132 valence electrons. The molecule has 9 heteroatoms. The summed E-state index contributed by atoms with van der Waals surface area (Å²) in [5, 5.41) is 6.88. The van der Waals surface area contributed by atoms with Crippen molar-refractivity contribution >= 4 is 11.0 Å². The summed E-state index contributed by atoms with van der Waals surface area (Å²) in [5.41, 5.74) is 3.00. The predicted octanol–water partition coefficient (Wildman–Crippen LogP) is 3.53. The highest BCUT2D eigenvalue weighted by Gasteiger charge is 2.17. The van der Waals surface area contributed by atoms with Crippen LogP contribution in [0.3, 0.4) is 0 Å². The number of nitrogens with zero attached hydrogens (tertiary/aromatic N) is 5. The van der Waals surface area contributed by atoms with Gasteiger partial charge in [0.15, 0.2) is 0 Å². The standard InChI is InChI=1S/C17H13F2N5O2/c1-24-9-21-13-5-4-12(6-14(13)24)25-8-11-3-2-10(7-20-11)16-22-23-17(26-16)15(18)19/h2-7,9,15H,8H2,1H3. The van der Waals surface area contributed by atoms with Gasteiger partial charge in [0.1, 0.15) is 12.4 Å². The fourth-order valence-corrected chi connectivity index (χ4v) is 2.43. The highest BCUT2D eigenvalue weighted by Crippen LogP contribution is 2.23. The van der Waals surface area contributed by atoms with Crippen molar-refractivity contribution in [1.29, 1.82) is 0 Å². The van der Waals surface area contributed by atoms with Crippen LogP contribution in [-0.4, -0.2) is 24.7 Å². The van der Waals surface area contributed by atoms with Gasteiger partial charge in [-0.3, -0.25) is 4.98 Å². The molecule has 26 heavy (non-hydrogen) atoms. The Morgan fingerprint density at radius 2 is 2.04 bits per heavy atom. The molecule has 3 aromatic heterocycles. The van der Waals surface area contributed by atoms with Crippen LogP contribution in [0.1, 0.15) is 18.0 Å². The molecule has 0 aliphatic carbocycles. The van der Waals surface area contributed by atoms with Gasteiger partial charge in [-0.15, -0.1) is 10.2 Å². The van der Waals surface area contributed by atoms with Crippen molar-refractivity contribution in [3.63, 3.8) is 0 Å². The number of aryl methyl sites for hydroxylation is 1. The van der Waals surface area contributed by atoms with Crippen LogP contribution in [0, 0.1) is 0 Å². The lowest BCUT2D eigenvalue weighted by atomic mass is 10.2. The zero-order valence-corrected chi connectivity index (χ0v) is 13.6. The zero-order valence-electron chi connectivity index (χ0n) is 13.6. The van der Waals surface area contributed by atoms with E-state index in [0.29, 0.717) is 17.0 Å². The van der Waals surface area contributed by atoms with E-state index in [1.807, 2.05) is 29.8 Å². The van der Waals surface area contributed by atoms with Crippen molar-refractivity contribution < 1.29 is 17.9 Å². The lowest BCUT2D eigenvalue weighted by Gasteiger charge is -2.06. The van der Waals surface area contributed by atoms with E-state index < -0.39 is 12.3 Å². The molecule has 0 saturated carbocycles. The molecule has 0 spiro atoms. The molecule has 3 heterocycles. The van der Waals surface area contributed by atoms with Gasteiger partial charge < -0.3 is 13.7 Å². The van der Waals surface area contributed by atoms with E-state index in [4.69, 9.17) is 9.15 Å². The highest BCUT2D eigenvalue weighted by atomic mass is 19.3. The maximum atomic E-state index is 12.5. The van der Waals surface area contributed by atoms with Gasteiger partial charge >= 0.3 is 6.43 Å². The Balaban J connectivity index is 1.45. The molecule has 0 unspecified atom stereocenters. The average Bonchev–Trinajstić information content (AvgIpc) is 3.28. The van der Waals surface area contributed by atoms with E-state index in [2.05, 4.69) is 20.2 Å². The van der Waals surface area contributed by atoms with Crippen molar-refractivity contribution in [2.24, 2.45) is 7.05 Å². The number of fused-ring (bicyclic) bond motifs is 1. The number of pyridine rings is 1. The molecule has 0 fully saturated rings. The second kappa shape index (κ2) is 6.51. The Labute approximate surface area is 146 Å². The number of ether oxygens (including phenoxy) is 1. The largest absolute Gasteiger partial charge is 0.487 e. The van der Waals surface area contributed by atoms with E-state index in [-0.39, 0.29) is 12.5 Å². The SMILES string of the molecule is Cn1cnc2ccc(OCc3ccc(-c4nnc(C(F)F)o4)cn3)cc21. The number of hydrogen-bond acceptors (Lipinski definition) is 6. The minimum Gasteiger partial charge on any atom is -0.487 e. The Kier molecular flexibility index (Phi) is 4.04. The first kappa shape index (κ1) is 16.1. The lowest BCUT2D eigenvalue weighted by Crippen LogP contribution is -1.98. The van der Waals surface area contributed by atoms with Crippen LogP contribution >= 0.6 is 0 Å². The number of halogens is 2. The second-order valence-electron chi connectivity index (χ2n) is 5.58. The van der Waals surface area contributed by atoms with Gasteiger partial charge in [0.2, 0.25) is 5.89 Å². The third-order valence-electron chi connectivity index (χ3n) is 3.78. The van der Waals surface area contributed by atoms with Gasteiger partial charge in [0.25, 0.3) is 5.89 Å². The molecular weight excluding hydrogens is 344 g/mol. The highest BCUT2D eigenvalue weighted by molar-refractivity contribution is 5.76. The van der Waals surface area contributed by atoms with Gasteiger partial charge in [-0.25, -0.2) is 4.98 Å². The van der Waals surface area contributed by atoms with Crippen LogP contribution in [0.5, 0.6) is 5.75 Å². The van der Waals surface area contributed by atoms with Gasteiger partial charge in [0.05, 0.1) is 28.6 Å². The summed E-state index contributed by atoms with van der Waals surface area (Å²) in [4.78, 5) is 8.49. The molecule has 0 aliphatic rings. The lowest BCUT2D eigenvalue weighted by molar-refractivity contribution is 0.116. The van der Waals surface area contributed by atoms with Crippen molar-refractivity contribution in [1.82, 2.24) is 24.7 Å². The fraction of sp³-hybridized carbons (Fsp3) is 0.176. The normalized spacial score (nSPS) is 11.4. The maximum absolute atomic E-state index is 12.5. The topological polar surface area (TPSA) is 78.9 Å². The number of alkyl halides is 2. The summed E-state index contributed by atoms with van der Waals surface area (Å²) < 4.78 is 37.5. The van der Waals surface area contributed by atoms with E-state index in [9.17, 15) is 8.78 Å². The molecule has 1 aromatic carbocycles. The van der Waals surface area contributed by atoms with Crippen LogP contribution in [0.4, 0.5) is 8.78 Å². The van der Waals surface area contributed by atoms with E-state index in [1.54, 1.807) is 18.5 Å². The number of imidazole rings is 1. The van der Waals surface area contributed by atoms with Gasteiger partial charge in [0, 0.05) is 19.3 Å². The summed E-state index contributed by atoms with van der Waals surface area (Å²) in [6.07, 6.45) is 0.422. The summed E-state index contributed by atoms with van der Waals surface area (Å²) in [6, 6.07) is 9.01. The van der Waals surface area contributed by atoms with Gasteiger partial charge in [-0.05, 0) is 24.3 Å². The first-order chi connectivity index (χ1) is 12.6. The van der Waals surface area contributed by atoms with Crippen molar-refractivity contribution in [3.8, 4) is 17.2 Å². The molecule has 0 N–H and O–H groups in total. The number of aromatic nitrogens is 5. The van der Waals surface area contributed by atoms with Crippen LogP contribution in [-0.2, 0) is 13.7 Å². The quantitative estimate of drug-likeness (QED) is 0.544. The fourth-order valence-electron chi connectivity index (χ4n) is 2.43. The van der Waals surface area contributed by atoms with Gasteiger partial charge in [-0.2, -0.15) is 8.78 Å². The summed E-state index contributed by atoms with van der Waals surface area (Å²) in [6.45, 7) is 0.260. The van der Waals surface area contributed by atoms with Crippen LogP contribution in [0.15, 0.2) is 47.3 Å². The summed E-state index contributed by atoms with van der Waals surface area (Å²) in [7, 11) is 1.91. The minimum absolute atomic E-state index is 0.00178. The molecule has 0 aliphatic heterocycles. The van der Waals surface area contributed by atoms with E-state index in [1.165, 1.54) is 6.20 Å². The minimum atomic E-state index is -2.80. The van der Waals surface area contributed by atoms with Crippen LogP contribution < -0.4 is 4.74 Å². The molecule has 4 aromatic rings. The number of rotatable bonds is 5. The monoisotopic (exact) mass is 357 g/mol.